The number of likely N-dealkylation sites (tertiary alicyclic amines) is 2. The highest BCUT2D eigenvalue weighted by molar-refractivity contribution is 9.10. The molecule has 1 atom stereocenters. The van der Waals surface area contributed by atoms with E-state index in [1.54, 1.807) is 19.2 Å². The molecule has 0 bridgehead atoms. The molecule has 0 saturated carbocycles. The summed E-state index contributed by atoms with van der Waals surface area (Å²) >= 11 is 3.48. The van der Waals surface area contributed by atoms with Crippen LogP contribution in [-0.4, -0.2) is 54.9 Å². The molecule has 0 radical (unpaired) electrons. The Morgan fingerprint density at radius 1 is 0.950 bits per heavy atom. The van der Waals surface area contributed by atoms with E-state index in [-0.39, 0.29) is 29.8 Å². The molecule has 3 aromatic carbocycles. The maximum Gasteiger partial charge on any atom is 0.255 e. The molecule has 1 N–H and O–H groups in total. The highest BCUT2D eigenvalue weighted by Crippen LogP contribution is 2.42. The van der Waals surface area contributed by atoms with Crippen molar-refractivity contribution in [2.75, 3.05) is 33.3 Å². The number of para-hydroxylation sites is 1. The fourth-order valence-electron chi connectivity index (χ4n) is 5.91. The Bertz CT molecular complexity index is 1280. The van der Waals surface area contributed by atoms with Gasteiger partial charge in [0.2, 0.25) is 5.91 Å². The first-order valence-electron chi connectivity index (χ1n) is 13.7. The molecule has 2 fully saturated rings. The quantitative estimate of drug-likeness (QED) is 0.305. The molecule has 6 nitrogen and oxygen atoms in total. The highest BCUT2D eigenvalue weighted by Gasteiger charge is 2.47. The van der Waals surface area contributed by atoms with Crippen LogP contribution in [0.2, 0.25) is 0 Å². The Morgan fingerprint density at radius 3 is 2.30 bits per heavy atom. The molecule has 2 amide bonds. The molecule has 40 heavy (non-hydrogen) atoms. The number of nitrogens with one attached hydrogen (secondary N) is 1. The Labute approximate surface area is 251 Å². The van der Waals surface area contributed by atoms with Gasteiger partial charge in [-0.15, -0.1) is 12.4 Å². The van der Waals surface area contributed by atoms with Gasteiger partial charge >= 0.3 is 0 Å². The SMILES string of the molecule is COc1ccccc1C(=O)NC(CCN1CCC2(CC1)CCN(Cc1ccc(Br)cc1)C2=O)c1ccccc1.Cl. The number of benzene rings is 3. The van der Waals surface area contributed by atoms with Crippen molar-refractivity contribution in [3.05, 3.63) is 100 Å². The van der Waals surface area contributed by atoms with E-state index in [2.05, 4.69) is 50.4 Å². The first-order valence-corrected chi connectivity index (χ1v) is 14.5. The van der Waals surface area contributed by atoms with Crippen LogP contribution in [-0.2, 0) is 11.3 Å². The third kappa shape index (κ3) is 6.88. The monoisotopic (exact) mass is 625 g/mol. The molecule has 0 aliphatic carbocycles. The summed E-state index contributed by atoms with van der Waals surface area (Å²) in [6.07, 6.45) is 3.53. The number of amides is 2. The lowest BCUT2D eigenvalue weighted by Crippen LogP contribution is -2.45. The fourth-order valence-corrected chi connectivity index (χ4v) is 6.17. The standard InChI is InChI=1S/C32H36BrN3O3.ClH/c1-39-29-10-6-5-9-27(29)30(37)34-28(25-7-3-2-4-8-25)15-19-35-20-16-32(17-21-35)18-22-36(31(32)38)23-24-11-13-26(33)14-12-24;/h2-14,28H,15-23H2,1H3,(H,34,37);1H. The third-order valence-electron chi connectivity index (χ3n) is 8.29. The van der Waals surface area contributed by atoms with E-state index in [4.69, 9.17) is 4.74 Å². The molecular formula is C32H37BrClN3O3. The lowest BCUT2D eigenvalue weighted by molar-refractivity contribution is -0.138. The van der Waals surface area contributed by atoms with Crippen LogP contribution >= 0.6 is 28.3 Å². The smallest absolute Gasteiger partial charge is 0.255 e. The van der Waals surface area contributed by atoms with E-state index in [0.29, 0.717) is 23.8 Å². The molecular weight excluding hydrogens is 590 g/mol. The molecule has 2 aliphatic rings. The van der Waals surface area contributed by atoms with Crippen LogP contribution in [0.5, 0.6) is 5.75 Å². The van der Waals surface area contributed by atoms with Crippen molar-refractivity contribution in [3.8, 4) is 5.75 Å². The fraction of sp³-hybridized carbons (Fsp3) is 0.375. The third-order valence-corrected chi connectivity index (χ3v) is 8.82. The van der Waals surface area contributed by atoms with E-state index in [0.717, 1.165) is 61.9 Å². The van der Waals surface area contributed by atoms with Gasteiger partial charge in [-0.25, -0.2) is 0 Å². The van der Waals surface area contributed by atoms with Gasteiger partial charge in [-0.1, -0.05) is 70.5 Å². The van der Waals surface area contributed by atoms with Gasteiger partial charge < -0.3 is 19.9 Å². The minimum atomic E-state index is -0.219. The summed E-state index contributed by atoms with van der Waals surface area (Å²) in [6, 6.07) is 25.6. The lowest BCUT2D eigenvalue weighted by atomic mass is 9.77. The summed E-state index contributed by atoms with van der Waals surface area (Å²) in [6.45, 7) is 4.18. The Morgan fingerprint density at radius 2 is 1.60 bits per heavy atom. The molecule has 5 rings (SSSR count). The Hall–Kier alpha value is -2.87. The van der Waals surface area contributed by atoms with Gasteiger partial charge in [0.1, 0.15) is 5.75 Å². The number of halogens is 2. The molecule has 0 aromatic heterocycles. The summed E-state index contributed by atoms with van der Waals surface area (Å²) in [5.41, 5.74) is 2.57. The van der Waals surface area contributed by atoms with Crippen LogP contribution < -0.4 is 10.1 Å². The molecule has 3 aromatic rings. The first kappa shape index (κ1) is 30.1. The summed E-state index contributed by atoms with van der Waals surface area (Å²) in [5, 5.41) is 3.24. The summed E-state index contributed by atoms with van der Waals surface area (Å²) in [7, 11) is 1.58. The number of hydrogen-bond donors (Lipinski definition) is 1. The van der Waals surface area contributed by atoms with Crippen LogP contribution in [0, 0.1) is 5.41 Å². The second-order valence-electron chi connectivity index (χ2n) is 10.7. The molecule has 1 unspecified atom stereocenters. The summed E-state index contributed by atoms with van der Waals surface area (Å²) in [4.78, 5) is 31.1. The van der Waals surface area contributed by atoms with Gasteiger partial charge in [0.25, 0.3) is 5.91 Å². The maximum atomic E-state index is 13.5. The van der Waals surface area contributed by atoms with Crippen molar-refractivity contribution in [2.45, 2.75) is 38.3 Å². The molecule has 212 valence electrons. The van der Waals surface area contributed by atoms with E-state index in [1.165, 1.54) is 5.56 Å². The summed E-state index contributed by atoms with van der Waals surface area (Å²) in [5.74, 6) is 0.746. The van der Waals surface area contributed by atoms with Crippen LogP contribution in [0.25, 0.3) is 0 Å². The summed E-state index contributed by atoms with van der Waals surface area (Å²) < 4.78 is 6.46. The van der Waals surface area contributed by atoms with Gasteiger partial charge in [0.15, 0.2) is 0 Å². The first-order chi connectivity index (χ1) is 19.0. The van der Waals surface area contributed by atoms with Gasteiger partial charge in [-0.3, -0.25) is 9.59 Å². The van der Waals surface area contributed by atoms with Crippen LogP contribution in [0.4, 0.5) is 0 Å². The van der Waals surface area contributed by atoms with E-state index in [1.807, 2.05) is 47.4 Å². The van der Waals surface area contributed by atoms with Crippen LogP contribution in [0.15, 0.2) is 83.3 Å². The highest BCUT2D eigenvalue weighted by atomic mass is 79.9. The number of nitrogens with zero attached hydrogens (tertiary/aromatic N) is 2. The largest absolute Gasteiger partial charge is 0.496 e. The molecule has 8 heteroatoms. The van der Waals surface area contributed by atoms with Crippen molar-refractivity contribution < 1.29 is 14.3 Å². The molecule has 2 aliphatic heterocycles. The maximum absolute atomic E-state index is 13.5. The normalized spacial score (nSPS) is 17.4. The van der Waals surface area contributed by atoms with Crippen molar-refractivity contribution in [3.63, 3.8) is 0 Å². The Balaban J connectivity index is 0.00000370. The number of carbonyl (C=O) groups is 2. The topological polar surface area (TPSA) is 61.9 Å². The van der Waals surface area contributed by atoms with E-state index in [9.17, 15) is 9.59 Å². The predicted octanol–water partition coefficient (Wildman–Crippen LogP) is 6.26. The minimum absolute atomic E-state index is 0. The minimum Gasteiger partial charge on any atom is -0.496 e. The zero-order valence-electron chi connectivity index (χ0n) is 22.9. The number of methoxy groups -OCH3 is 1. The van der Waals surface area contributed by atoms with Crippen LogP contribution in [0.1, 0.15) is 53.2 Å². The number of carbonyl (C=O) groups excluding carboxylic acids is 2. The molecule has 2 saturated heterocycles. The van der Waals surface area contributed by atoms with Crippen molar-refractivity contribution in [2.24, 2.45) is 5.41 Å². The number of ether oxygens (including phenoxy) is 1. The lowest BCUT2D eigenvalue weighted by Gasteiger charge is -2.38. The van der Waals surface area contributed by atoms with Crippen molar-refractivity contribution >= 4 is 40.2 Å². The second-order valence-corrected chi connectivity index (χ2v) is 11.6. The average molecular weight is 627 g/mol. The molecule has 2 heterocycles. The zero-order chi connectivity index (χ0) is 27.2. The van der Waals surface area contributed by atoms with Gasteiger partial charge in [0.05, 0.1) is 24.1 Å². The number of hydrogen-bond acceptors (Lipinski definition) is 4. The number of piperidine rings is 1. The molecule has 1 spiro atoms. The van der Waals surface area contributed by atoms with Crippen molar-refractivity contribution in [1.29, 1.82) is 0 Å². The van der Waals surface area contributed by atoms with Gasteiger partial charge in [-0.2, -0.15) is 0 Å². The average Bonchev–Trinajstić information content (AvgIpc) is 3.27. The van der Waals surface area contributed by atoms with Gasteiger partial charge in [0, 0.05) is 24.1 Å². The Kier molecular flexibility index (Phi) is 10.3. The number of rotatable bonds is 9. The second kappa shape index (κ2) is 13.7. The van der Waals surface area contributed by atoms with Crippen molar-refractivity contribution in [1.82, 2.24) is 15.1 Å². The van der Waals surface area contributed by atoms with E-state index >= 15 is 0 Å². The van der Waals surface area contributed by atoms with Crippen LogP contribution in [0.3, 0.4) is 0 Å². The predicted molar refractivity (Wildman–Crippen MR) is 164 cm³/mol. The zero-order valence-corrected chi connectivity index (χ0v) is 25.3. The van der Waals surface area contributed by atoms with E-state index < -0.39 is 0 Å². The van der Waals surface area contributed by atoms with Gasteiger partial charge in [-0.05, 0) is 74.2 Å².